The zero-order chi connectivity index (χ0) is 26.7. The first-order valence-electron chi connectivity index (χ1n) is 12.1. The summed E-state index contributed by atoms with van der Waals surface area (Å²) in [6, 6.07) is 4.75. The van der Waals surface area contributed by atoms with E-state index in [-0.39, 0.29) is 36.5 Å². The Morgan fingerprint density at radius 2 is 1.92 bits per heavy atom. The molecule has 0 spiro atoms. The minimum absolute atomic E-state index is 0.0332. The zero-order valence-electron chi connectivity index (χ0n) is 21.4. The van der Waals surface area contributed by atoms with E-state index < -0.39 is 23.6 Å². The van der Waals surface area contributed by atoms with Crippen LogP contribution in [-0.4, -0.2) is 40.6 Å². The molecule has 0 N–H and O–H groups in total. The second-order valence-corrected chi connectivity index (χ2v) is 9.97. The summed E-state index contributed by atoms with van der Waals surface area (Å²) < 4.78 is 54.8. The number of benzene rings is 1. The molecule has 3 rings (SSSR count). The quantitative estimate of drug-likeness (QED) is 0.513. The molecule has 1 aliphatic heterocycles. The number of hydrogen-bond donors (Lipinski definition) is 0. The first-order chi connectivity index (χ1) is 16.8. The van der Waals surface area contributed by atoms with Crippen molar-refractivity contribution in [1.29, 1.82) is 0 Å². The standard InChI is InChI=1S/C26H34F3N3O4/c1-6-35-23(33)12-10-17-9-11-18(26(27,28)29)14-20(17)24(34)30-22-15-21(25(2,3)4)31(5)32(22)16-19-8-7-13-36-19/h9,11,14-15,19H,6-8,10,12-13,16H2,1-5H3/b30-22+/t19-/m1/s1. The van der Waals surface area contributed by atoms with Crippen LogP contribution in [0, 0.1) is 0 Å². The van der Waals surface area contributed by atoms with Gasteiger partial charge in [-0.05, 0) is 43.9 Å². The zero-order valence-corrected chi connectivity index (χ0v) is 21.4. The van der Waals surface area contributed by atoms with E-state index in [1.807, 2.05) is 37.2 Å². The predicted molar refractivity (Wildman–Crippen MR) is 127 cm³/mol. The fraction of sp³-hybridized carbons (Fsp3) is 0.577. The van der Waals surface area contributed by atoms with Gasteiger partial charge < -0.3 is 9.47 Å². The van der Waals surface area contributed by atoms with Crippen LogP contribution in [-0.2, 0) is 45.9 Å². The van der Waals surface area contributed by atoms with E-state index in [4.69, 9.17) is 9.47 Å². The van der Waals surface area contributed by atoms with Crippen LogP contribution in [0.4, 0.5) is 13.2 Å². The van der Waals surface area contributed by atoms with E-state index in [0.717, 1.165) is 30.7 Å². The van der Waals surface area contributed by atoms with Gasteiger partial charge in [0.1, 0.15) is 0 Å². The Morgan fingerprint density at radius 3 is 2.50 bits per heavy atom. The molecule has 0 bridgehead atoms. The molecule has 1 saturated heterocycles. The van der Waals surface area contributed by atoms with Gasteiger partial charge in [-0.1, -0.05) is 26.8 Å². The summed E-state index contributed by atoms with van der Waals surface area (Å²) >= 11 is 0. The summed E-state index contributed by atoms with van der Waals surface area (Å²) in [5.41, 5.74) is 0.179. The highest BCUT2D eigenvalue weighted by Crippen LogP contribution is 2.31. The van der Waals surface area contributed by atoms with Gasteiger partial charge in [-0.3, -0.25) is 19.0 Å². The van der Waals surface area contributed by atoms with Gasteiger partial charge in [0, 0.05) is 42.8 Å². The Labute approximate surface area is 208 Å². The lowest BCUT2D eigenvalue weighted by atomic mass is 9.92. The maximum absolute atomic E-state index is 13.4. The summed E-state index contributed by atoms with van der Waals surface area (Å²) in [6.45, 7) is 9.10. The number of ether oxygens (including phenoxy) is 2. The lowest BCUT2D eigenvalue weighted by Crippen LogP contribution is -2.30. The fourth-order valence-electron chi connectivity index (χ4n) is 4.37. The predicted octanol–water partition coefficient (Wildman–Crippen LogP) is 4.56. The Morgan fingerprint density at radius 1 is 1.19 bits per heavy atom. The van der Waals surface area contributed by atoms with Crippen molar-refractivity contribution in [2.45, 2.75) is 77.6 Å². The second kappa shape index (κ2) is 11.0. The minimum Gasteiger partial charge on any atom is -0.466 e. The van der Waals surface area contributed by atoms with Crippen molar-refractivity contribution in [3.05, 3.63) is 52.1 Å². The molecule has 0 unspecified atom stereocenters. The number of hydrogen-bond acceptors (Lipinski definition) is 4. The van der Waals surface area contributed by atoms with Gasteiger partial charge in [0.25, 0.3) is 5.91 Å². The molecule has 7 nitrogen and oxygen atoms in total. The second-order valence-electron chi connectivity index (χ2n) is 9.97. The maximum atomic E-state index is 13.4. The molecule has 10 heteroatoms. The smallest absolute Gasteiger partial charge is 0.416 e. The number of alkyl halides is 3. The van der Waals surface area contributed by atoms with Gasteiger partial charge in [-0.25, -0.2) is 0 Å². The van der Waals surface area contributed by atoms with Crippen LogP contribution in [0.3, 0.4) is 0 Å². The number of amides is 1. The highest BCUT2D eigenvalue weighted by Gasteiger charge is 2.32. The van der Waals surface area contributed by atoms with Crippen LogP contribution in [0.5, 0.6) is 0 Å². The van der Waals surface area contributed by atoms with Crippen LogP contribution in [0.25, 0.3) is 0 Å². The first-order valence-corrected chi connectivity index (χ1v) is 12.1. The Hall–Kier alpha value is -2.88. The van der Waals surface area contributed by atoms with Crippen molar-refractivity contribution in [2.75, 3.05) is 13.2 Å². The normalized spacial score (nSPS) is 17.0. The Kier molecular flexibility index (Phi) is 8.48. The number of aryl methyl sites for hydroxylation is 1. The molecule has 1 aromatic carbocycles. The molecular formula is C26H34F3N3O4. The molecule has 0 saturated carbocycles. The SMILES string of the molecule is CCOC(=O)CCc1ccc(C(F)(F)F)cc1C(=O)/N=c1\cc(C(C)(C)C)n(C)n1C[C@H]1CCCO1. The molecule has 198 valence electrons. The third-order valence-corrected chi connectivity index (χ3v) is 6.20. The summed E-state index contributed by atoms with van der Waals surface area (Å²) in [4.78, 5) is 29.4. The van der Waals surface area contributed by atoms with Crippen molar-refractivity contribution >= 4 is 11.9 Å². The van der Waals surface area contributed by atoms with Gasteiger partial charge in [-0.2, -0.15) is 18.2 Å². The largest absolute Gasteiger partial charge is 0.466 e. The van der Waals surface area contributed by atoms with Crippen LogP contribution in [0.1, 0.15) is 74.1 Å². The van der Waals surface area contributed by atoms with Crippen LogP contribution < -0.4 is 5.49 Å². The van der Waals surface area contributed by atoms with Gasteiger partial charge >= 0.3 is 12.1 Å². The number of esters is 1. The van der Waals surface area contributed by atoms with Crippen LogP contribution in [0.2, 0.25) is 0 Å². The van der Waals surface area contributed by atoms with E-state index in [2.05, 4.69) is 4.99 Å². The van der Waals surface area contributed by atoms with Gasteiger partial charge in [-0.15, -0.1) is 0 Å². The summed E-state index contributed by atoms with van der Waals surface area (Å²) in [6.07, 6.45) is -2.83. The average Bonchev–Trinajstić information content (AvgIpc) is 3.40. The number of carbonyl (C=O) groups excluding carboxylic acids is 2. The van der Waals surface area contributed by atoms with E-state index in [1.54, 1.807) is 13.0 Å². The summed E-state index contributed by atoms with van der Waals surface area (Å²) in [5.74, 6) is -1.29. The van der Waals surface area contributed by atoms with Crippen molar-refractivity contribution < 1.29 is 32.2 Å². The molecular weight excluding hydrogens is 475 g/mol. The molecule has 1 aromatic heterocycles. The molecule has 0 radical (unpaired) electrons. The lowest BCUT2D eigenvalue weighted by Gasteiger charge is -2.21. The van der Waals surface area contributed by atoms with Crippen molar-refractivity contribution in [1.82, 2.24) is 9.36 Å². The molecule has 1 atom stereocenters. The number of carbonyl (C=O) groups is 2. The van der Waals surface area contributed by atoms with Crippen LogP contribution in [0.15, 0.2) is 29.3 Å². The molecule has 1 fully saturated rings. The number of rotatable bonds is 7. The molecule has 0 aliphatic carbocycles. The van der Waals surface area contributed by atoms with Gasteiger partial charge in [0.05, 0.1) is 24.8 Å². The monoisotopic (exact) mass is 509 g/mol. The maximum Gasteiger partial charge on any atom is 0.416 e. The molecule has 36 heavy (non-hydrogen) atoms. The molecule has 1 aliphatic rings. The fourth-order valence-corrected chi connectivity index (χ4v) is 4.37. The molecule has 1 amide bonds. The van der Waals surface area contributed by atoms with Gasteiger partial charge in [0.15, 0.2) is 5.49 Å². The van der Waals surface area contributed by atoms with E-state index in [1.165, 1.54) is 6.07 Å². The van der Waals surface area contributed by atoms with Crippen molar-refractivity contribution in [3.63, 3.8) is 0 Å². The molecule has 2 aromatic rings. The highest BCUT2D eigenvalue weighted by atomic mass is 19.4. The summed E-state index contributed by atoms with van der Waals surface area (Å²) in [7, 11) is 1.87. The number of nitrogens with zero attached hydrogens (tertiary/aromatic N) is 3. The van der Waals surface area contributed by atoms with E-state index in [9.17, 15) is 22.8 Å². The Bertz CT molecular complexity index is 1170. The summed E-state index contributed by atoms with van der Waals surface area (Å²) in [5, 5.41) is 0. The highest BCUT2D eigenvalue weighted by molar-refractivity contribution is 5.96. The number of aromatic nitrogens is 2. The average molecular weight is 510 g/mol. The lowest BCUT2D eigenvalue weighted by molar-refractivity contribution is -0.143. The topological polar surface area (TPSA) is 74.8 Å². The van der Waals surface area contributed by atoms with Crippen molar-refractivity contribution in [3.8, 4) is 0 Å². The van der Waals surface area contributed by atoms with Gasteiger partial charge in [0.2, 0.25) is 0 Å². The molecule has 2 heterocycles. The Balaban J connectivity index is 2.07. The van der Waals surface area contributed by atoms with E-state index >= 15 is 0 Å². The van der Waals surface area contributed by atoms with Crippen LogP contribution >= 0.6 is 0 Å². The third kappa shape index (κ3) is 6.66. The van der Waals surface area contributed by atoms with Crippen molar-refractivity contribution in [2.24, 2.45) is 12.0 Å². The first kappa shape index (κ1) is 27.7. The third-order valence-electron chi connectivity index (χ3n) is 6.20. The minimum atomic E-state index is -4.62. The number of halogens is 3. The van der Waals surface area contributed by atoms with E-state index in [0.29, 0.717) is 24.2 Å².